The molecule has 0 radical (unpaired) electrons. The number of aliphatic hydroxyl groups is 1. The second kappa shape index (κ2) is 5.82. The molecule has 2 N–H and O–H groups in total. The van der Waals surface area contributed by atoms with Crippen LogP contribution in [0.4, 0.5) is 0 Å². The van der Waals surface area contributed by atoms with Gasteiger partial charge < -0.3 is 10.2 Å². The van der Waals surface area contributed by atoms with E-state index in [2.05, 4.69) is 0 Å². The molecule has 3 nitrogen and oxygen atoms in total. The molecule has 1 rings (SSSR count). The molecule has 1 aromatic carbocycles. The van der Waals surface area contributed by atoms with Crippen molar-refractivity contribution in [3.63, 3.8) is 0 Å². The van der Waals surface area contributed by atoms with Crippen molar-refractivity contribution in [3.8, 4) is 0 Å². The number of hydrogen-bond acceptors (Lipinski definition) is 2. The molecule has 0 aromatic heterocycles. The van der Waals surface area contributed by atoms with Crippen molar-refractivity contribution in [1.29, 1.82) is 0 Å². The lowest BCUT2D eigenvalue weighted by Gasteiger charge is -2.24. The number of carboxylic acid groups (broad SMARTS) is 1. The number of aliphatic hydroxyl groups excluding tert-OH is 1. The van der Waals surface area contributed by atoms with Gasteiger partial charge >= 0.3 is 5.97 Å². The second-order valence-electron chi connectivity index (χ2n) is 4.48. The molecule has 1 aromatic rings. The first kappa shape index (κ1) is 13.7. The first-order valence-electron chi connectivity index (χ1n) is 5.97. The highest BCUT2D eigenvalue weighted by Crippen LogP contribution is 2.30. The first-order valence-corrected chi connectivity index (χ1v) is 5.97. The molecule has 0 heterocycles. The van der Waals surface area contributed by atoms with Gasteiger partial charge in [0, 0.05) is 0 Å². The highest BCUT2D eigenvalue weighted by atomic mass is 16.4. The van der Waals surface area contributed by atoms with E-state index >= 15 is 0 Å². The molecule has 3 unspecified atom stereocenters. The fourth-order valence-corrected chi connectivity index (χ4v) is 1.93. The summed E-state index contributed by atoms with van der Waals surface area (Å²) in [6, 6.07) is 7.64. The number of carboxylic acids is 1. The third-order valence-electron chi connectivity index (χ3n) is 3.43. The monoisotopic (exact) mass is 236 g/mol. The minimum absolute atomic E-state index is 0.305. The number of aliphatic carboxylic acids is 1. The highest BCUT2D eigenvalue weighted by molar-refractivity contribution is 5.69. The van der Waals surface area contributed by atoms with Crippen LogP contribution in [0, 0.1) is 11.8 Å². The minimum Gasteiger partial charge on any atom is -0.481 e. The Kier molecular flexibility index (Phi) is 4.70. The number of aryl methyl sites for hydroxylation is 1. The van der Waals surface area contributed by atoms with Crippen LogP contribution in [-0.2, 0) is 11.2 Å². The Hall–Kier alpha value is -1.35. The molecule has 0 aliphatic heterocycles. The van der Waals surface area contributed by atoms with Gasteiger partial charge in [-0.3, -0.25) is 4.79 Å². The fourth-order valence-electron chi connectivity index (χ4n) is 1.93. The zero-order chi connectivity index (χ0) is 13.0. The van der Waals surface area contributed by atoms with Gasteiger partial charge in [-0.2, -0.15) is 0 Å². The Balaban J connectivity index is 2.95. The van der Waals surface area contributed by atoms with Gasteiger partial charge in [0.2, 0.25) is 0 Å². The van der Waals surface area contributed by atoms with Gasteiger partial charge in [0.15, 0.2) is 0 Å². The zero-order valence-corrected chi connectivity index (χ0v) is 10.6. The quantitative estimate of drug-likeness (QED) is 0.826. The molecule has 0 spiro atoms. The average Bonchev–Trinajstić information content (AvgIpc) is 2.35. The molecule has 0 saturated heterocycles. The summed E-state index contributed by atoms with van der Waals surface area (Å²) < 4.78 is 0. The van der Waals surface area contributed by atoms with Gasteiger partial charge in [-0.1, -0.05) is 45.0 Å². The summed E-state index contributed by atoms with van der Waals surface area (Å²) in [6.45, 7) is 5.43. The summed E-state index contributed by atoms with van der Waals surface area (Å²) >= 11 is 0. The van der Waals surface area contributed by atoms with Crippen LogP contribution in [0.2, 0.25) is 0 Å². The van der Waals surface area contributed by atoms with Crippen molar-refractivity contribution in [2.75, 3.05) is 0 Å². The van der Waals surface area contributed by atoms with E-state index in [-0.39, 0.29) is 5.92 Å². The van der Waals surface area contributed by atoms with Crippen molar-refractivity contribution in [2.24, 2.45) is 11.8 Å². The van der Waals surface area contributed by atoms with E-state index < -0.39 is 18.0 Å². The van der Waals surface area contributed by atoms with E-state index in [0.717, 1.165) is 17.5 Å². The van der Waals surface area contributed by atoms with E-state index in [0.29, 0.717) is 0 Å². The van der Waals surface area contributed by atoms with Crippen molar-refractivity contribution < 1.29 is 15.0 Å². The Bertz CT molecular complexity index is 387. The van der Waals surface area contributed by atoms with Crippen LogP contribution in [0.15, 0.2) is 24.3 Å². The van der Waals surface area contributed by atoms with Crippen LogP contribution in [0.25, 0.3) is 0 Å². The third kappa shape index (κ3) is 3.07. The van der Waals surface area contributed by atoms with Gasteiger partial charge in [-0.25, -0.2) is 0 Å². The van der Waals surface area contributed by atoms with Crippen molar-refractivity contribution in [3.05, 3.63) is 35.4 Å². The summed E-state index contributed by atoms with van der Waals surface area (Å²) in [6.07, 6.45) is 0.110. The standard InChI is InChI=1S/C14H20O3/c1-4-11-7-5-6-8-12(11)13(15)9(2)10(3)14(16)17/h5-10,13,15H,4H2,1-3H3,(H,16,17). The third-order valence-corrected chi connectivity index (χ3v) is 3.43. The van der Waals surface area contributed by atoms with Gasteiger partial charge in [0.25, 0.3) is 0 Å². The van der Waals surface area contributed by atoms with E-state index in [1.807, 2.05) is 31.2 Å². The molecule has 17 heavy (non-hydrogen) atoms. The maximum atomic E-state index is 10.9. The molecular weight excluding hydrogens is 216 g/mol. The SMILES string of the molecule is CCc1ccccc1C(O)C(C)C(C)C(=O)O. The zero-order valence-electron chi connectivity index (χ0n) is 10.6. The smallest absolute Gasteiger partial charge is 0.306 e. The molecule has 94 valence electrons. The Labute approximate surface area is 102 Å². The maximum absolute atomic E-state index is 10.9. The number of hydrogen-bond donors (Lipinski definition) is 2. The minimum atomic E-state index is -0.870. The van der Waals surface area contributed by atoms with Gasteiger partial charge in [0.1, 0.15) is 0 Å². The van der Waals surface area contributed by atoms with E-state index in [4.69, 9.17) is 5.11 Å². The lowest BCUT2D eigenvalue weighted by molar-refractivity contribution is -0.144. The molecule has 0 bridgehead atoms. The molecular formula is C14H20O3. The molecule has 0 fully saturated rings. The van der Waals surface area contributed by atoms with Gasteiger partial charge in [-0.05, 0) is 23.5 Å². The Morgan fingerprint density at radius 1 is 1.29 bits per heavy atom. The van der Waals surface area contributed by atoms with Crippen LogP contribution < -0.4 is 0 Å². The molecule has 0 aliphatic rings. The number of rotatable bonds is 5. The topological polar surface area (TPSA) is 57.5 Å². The van der Waals surface area contributed by atoms with Crippen LogP contribution in [0.1, 0.15) is 38.0 Å². The molecule has 3 heteroatoms. The predicted octanol–water partition coefficient (Wildman–Crippen LogP) is 2.64. The maximum Gasteiger partial charge on any atom is 0.306 e. The summed E-state index contributed by atoms with van der Waals surface area (Å²) in [4.78, 5) is 10.9. The van der Waals surface area contributed by atoms with Crippen molar-refractivity contribution in [1.82, 2.24) is 0 Å². The van der Waals surface area contributed by atoms with Crippen molar-refractivity contribution >= 4 is 5.97 Å². The summed E-state index contributed by atoms with van der Waals surface area (Å²) in [5.74, 6) is -1.74. The largest absolute Gasteiger partial charge is 0.481 e. The van der Waals surface area contributed by atoms with Crippen LogP contribution in [0.5, 0.6) is 0 Å². The summed E-state index contributed by atoms with van der Waals surface area (Å²) in [7, 11) is 0. The lowest BCUT2D eigenvalue weighted by Crippen LogP contribution is -2.24. The number of carbonyl (C=O) groups is 1. The molecule has 0 amide bonds. The van der Waals surface area contributed by atoms with Crippen LogP contribution >= 0.6 is 0 Å². The van der Waals surface area contributed by atoms with Gasteiger partial charge in [0.05, 0.1) is 12.0 Å². The van der Waals surface area contributed by atoms with Gasteiger partial charge in [-0.15, -0.1) is 0 Å². The lowest BCUT2D eigenvalue weighted by atomic mass is 9.85. The van der Waals surface area contributed by atoms with E-state index in [1.54, 1.807) is 13.8 Å². The second-order valence-corrected chi connectivity index (χ2v) is 4.48. The Morgan fingerprint density at radius 2 is 1.88 bits per heavy atom. The average molecular weight is 236 g/mol. The number of benzene rings is 1. The normalized spacial score (nSPS) is 16.2. The molecule has 3 atom stereocenters. The molecule has 0 saturated carbocycles. The first-order chi connectivity index (χ1) is 7.99. The summed E-state index contributed by atoms with van der Waals surface area (Å²) in [5.41, 5.74) is 1.92. The van der Waals surface area contributed by atoms with E-state index in [9.17, 15) is 9.90 Å². The van der Waals surface area contributed by atoms with E-state index in [1.165, 1.54) is 0 Å². The van der Waals surface area contributed by atoms with Crippen molar-refractivity contribution in [2.45, 2.75) is 33.3 Å². The molecule has 0 aliphatic carbocycles. The Morgan fingerprint density at radius 3 is 2.41 bits per heavy atom. The van der Waals surface area contributed by atoms with Crippen LogP contribution in [-0.4, -0.2) is 16.2 Å². The highest BCUT2D eigenvalue weighted by Gasteiger charge is 2.27. The van der Waals surface area contributed by atoms with Crippen LogP contribution in [0.3, 0.4) is 0 Å². The summed E-state index contributed by atoms with van der Waals surface area (Å²) in [5, 5.41) is 19.2. The predicted molar refractivity (Wildman–Crippen MR) is 66.7 cm³/mol. The fraction of sp³-hybridized carbons (Fsp3) is 0.500.